The molecule has 1 amide bonds. The summed E-state index contributed by atoms with van der Waals surface area (Å²) in [5, 5.41) is 17.4. The van der Waals surface area contributed by atoms with Gasteiger partial charge in [-0.05, 0) is 48.7 Å². The fourth-order valence-corrected chi connectivity index (χ4v) is 3.03. The molecule has 120 valence electrons. The highest BCUT2D eigenvalue weighted by Crippen LogP contribution is 2.37. The molecular weight excluding hydrogens is 312 g/mol. The van der Waals surface area contributed by atoms with Crippen LogP contribution >= 0.6 is 11.6 Å². The lowest BCUT2D eigenvalue weighted by Gasteiger charge is -2.26. The summed E-state index contributed by atoms with van der Waals surface area (Å²) in [5.41, 5.74) is 2.55. The third-order valence-corrected chi connectivity index (χ3v) is 4.71. The molecule has 0 bridgehead atoms. The number of benzene rings is 2. The van der Waals surface area contributed by atoms with Crippen molar-refractivity contribution in [3.05, 3.63) is 52.5 Å². The summed E-state index contributed by atoms with van der Waals surface area (Å²) in [7, 11) is 0. The number of aliphatic hydroxyl groups is 1. The van der Waals surface area contributed by atoms with Crippen LogP contribution in [0.5, 0.6) is 0 Å². The van der Waals surface area contributed by atoms with Crippen molar-refractivity contribution in [3.63, 3.8) is 0 Å². The Balaban J connectivity index is 2.06. The number of halogens is 1. The van der Waals surface area contributed by atoms with Crippen molar-refractivity contribution >= 4 is 34.6 Å². The zero-order valence-electron chi connectivity index (χ0n) is 13.1. The van der Waals surface area contributed by atoms with E-state index in [1.54, 1.807) is 18.2 Å². The lowest BCUT2D eigenvalue weighted by Crippen LogP contribution is -2.23. The number of amides is 1. The largest absolute Gasteiger partial charge is 0.385 e. The highest BCUT2D eigenvalue weighted by molar-refractivity contribution is 6.31. The highest BCUT2D eigenvalue weighted by Gasteiger charge is 2.27. The summed E-state index contributed by atoms with van der Waals surface area (Å²) >= 11 is 6.02. The summed E-state index contributed by atoms with van der Waals surface area (Å²) < 4.78 is 0. The smallest absolute Gasteiger partial charge is 0.257 e. The lowest BCUT2D eigenvalue weighted by molar-refractivity contribution is 0.0284. The highest BCUT2D eigenvalue weighted by atomic mass is 35.5. The van der Waals surface area contributed by atoms with Gasteiger partial charge in [-0.2, -0.15) is 0 Å². The minimum absolute atomic E-state index is 0.198. The standard InChI is InChI=1S/C18H19ClN2O2/c1-3-18(23,4-2)11-5-8-14-16(9-11)21-17(22)13-7-6-12(19)10-15(13)20-14/h5-10,20,23H,3-4H2,1-2H3,(H,21,22). The monoisotopic (exact) mass is 330 g/mol. The van der Waals surface area contributed by atoms with E-state index in [9.17, 15) is 9.90 Å². The molecule has 0 unspecified atom stereocenters. The Morgan fingerprint density at radius 1 is 1.00 bits per heavy atom. The fraction of sp³-hybridized carbons (Fsp3) is 0.278. The summed E-state index contributed by atoms with van der Waals surface area (Å²) in [5.74, 6) is -0.198. The van der Waals surface area contributed by atoms with Gasteiger partial charge >= 0.3 is 0 Å². The van der Waals surface area contributed by atoms with Gasteiger partial charge in [0.15, 0.2) is 0 Å². The maximum atomic E-state index is 12.4. The average Bonchev–Trinajstić information content (AvgIpc) is 2.68. The Bertz CT molecular complexity index is 770. The Morgan fingerprint density at radius 2 is 1.74 bits per heavy atom. The second kappa shape index (κ2) is 5.87. The van der Waals surface area contributed by atoms with Crippen molar-refractivity contribution in [1.29, 1.82) is 0 Å². The first-order chi connectivity index (χ1) is 11.0. The van der Waals surface area contributed by atoms with Crippen LogP contribution in [0.1, 0.15) is 42.6 Å². The van der Waals surface area contributed by atoms with E-state index in [0.717, 1.165) is 11.3 Å². The molecule has 2 aromatic rings. The topological polar surface area (TPSA) is 61.4 Å². The minimum Gasteiger partial charge on any atom is -0.385 e. The van der Waals surface area contributed by atoms with E-state index in [1.807, 2.05) is 32.0 Å². The third kappa shape index (κ3) is 2.80. The molecular formula is C18H19ClN2O2. The van der Waals surface area contributed by atoms with Crippen LogP contribution in [0.15, 0.2) is 36.4 Å². The molecule has 0 radical (unpaired) electrons. The number of rotatable bonds is 3. The Hall–Kier alpha value is -2.04. The summed E-state index contributed by atoms with van der Waals surface area (Å²) in [6.07, 6.45) is 1.22. The zero-order valence-corrected chi connectivity index (χ0v) is 13.9. The van der Waals surface area contributed by atoms with Gasteiger partial charge in [-0.3, -0.25) is 4.79 Å². The molecule has 1 heterocycles. The second-order valence-electron chi connectivity index (χ2n) is 5.77. The molecule has 0 spiro atoms. The van der Waals surface area contributed by atoms with E-state index in [0.29, 0.717) is 34.8 Å². The third-order valence-electron chi connectivity index (χ3n) is 4.47. The molecule has 3 N–H and O–H groups in total. The summed E-state index contributed by atoms with van der Waals surface area (Å²) in [6, 6.07) is 10.7. The van der Waals surface area contributed by atoms with Gasteiger partial charge in [0.2, 0.25) is 0 Å². The van der Waals surface area contributed by atoms with Gasteiger partial charge in [0, 0.05) is 5.02 Å². The fourth-order valence-electron chi connectivity index (χ4n) is 2.86. The van der Waals surface area contributed by atoms with Crippen LogP contribution in [0.2, 0.25) is 5.02 Å². The van der Waals surface area contributed by atoms with Crippen LogP contribution in [0.3, 0.4) is 0 Å². The van der Waals surface area contributed by atoms with Crippen molar-refractivity contribution in [2.45, 2.75) is 32.3 Å². The van der Waals surface area contributed by atoms with Crippen molar-refractivity contribution in [2.24, 2.45) is 0 Å². The van der Waals surface area contributed by atoms with Crippen molar-refractivity contribution in [2.75, 3.05) is 10.6 Å². The first-order valence-electron chi connectivity index (χ1n) is 7.71. The first kappa shape index (κ1) is 15.8. The molecule has 0 saturated carbocycles. The van der Waals surface area contributed by atoms with Crippen LogP contribution in [-0.2, 0) is 5.60 Å². The van der Waals surface area contributed by atoms with E-state index in [-0.39, 0.29) is 5.91 Å². The number of anilines is 3. The Labute approximate surface area is 140 Å². The van der Waals surface area contributed by atoms with Crippen LogP contribution in [0.4, 0.5) is 17.1 Å². The van der Waals surface area contributed by atoms with Gasteiger partial charge in [-0.1, -0.05) is 31.5 Å². The molecule has 1 aliphatic rings. The van der Waals surface area contributed by atoms with Crippen molar-refractivity contribution < 1.29 is 9.90 Å². The quantitative estimate of drug-likeness (QED) is 0.767. The normalized spacial score (nSPS) is 13.5. The van der Waals surface area contributed by atoms with Crippen LogP contribution in [0, 0.1) is 0 Å². The number of carbonyl (C=O) groups is 1. The molecule has 0 fully saturated rings. The Morgan fingerprint density at radius 3 is 2.43 bits per heavy atom. The minimum atomic E-state index is -0.887. The zero-order chi connectivity index (χ0) is 16.6. The van der Waals surface area contributed by atoms with E-state index in [2.05, 4.69) is 10.6 Å². The van der Waals surface area contributed by atoms with E-state index in [1.165, 1.54) is 0 Å². The van der Waals surface area contributed by atoms with Gasteiger partial charge in [0.25, 0.3) is 5.91 Å². The molecule has 5 heteroatoms. The number of fused-ring (bicyclic) bond motifs is 2. The first-order valence-corrected chi connectivity index (χ1v) is 8.09. The number of carbonyl (C=O) groups excluding carboxylic acids is 1. The van der Waals surface area contributed by atoms with Gasteiger partial charge in [-0.25, -0.2) is 0 Å². The van der Waals surface area contributed by atoms with Gasteiger partial charge < -0.3 is 15.7 Å². The number of hydrogen-bond donors (Lipinski definition) is 3. The molecule has 0 atom stereocenters. The number of hydrogen-bond acceptors (Lipinski definition) is 3. The second-order valence-corrected chi connectivity index (χ2v) is 6.20. The van der Waals surface area contributed by atoms with Crippen LogP contribution < -0.4 is 10.6 Å². The maximum Gasteiger partial charge on any atom is 0.257 e. The van der Waals surface area contributed by atoms with E-state index in [4.69, 9.17) is 11.6 Å². The molecule has 0 aromatic heterocycles. The van der Waals surface area contributed by atoms with Crippen molar-refractivity contribution in [1.82, 2.24) is 0 Å². The van der Waals surface area contributed by atoms with Crippen molar-refractivity contribution in [3.8, 4) is 0 Å². The molecule has 23 heavy (non-hydrogen) atoms. The van der Waals surface area contributed by atoms with Gasteiger partial charge in [-0.15, -0.1) is 0 Å². The van der Waals surface area contributed by atoms with Crippen LogP contribution in [-0.4, -0.2) is 11.0 Å². The molecule has 3 rings (SSSR count). The molecule has 2 aromatic carbocycles. The molecule has 1 aliphatic heterocycles. The van der Waals surface area contributed by atoms with Gasteiger partial charge in [0.05, 0.1) is 28.2 Å². The van der Waals surface area contributed by atoms with E-state index < -0.39 is 5.60 Å². The summed E-state index contributed by atoms with van der Waals surface area (Å²) in [6.45, 7) is 3.90. The predicted octanol–water partition coefficient (Wildman–Crippen LogP) is 4.66. The Kier molecular flexibility index (Phi) is 4.04. The maximum absolute atomic E-state index is 12.4. The SMILES string of the molecule is CCC(O)(CC)c1ccc2c(c1)NC(=O)c1ccc(Cl)cc1N2. The summed E-state index contributed by atoms with van der Waals surface area (Å²) in [4.78, 5) is 12.4. The lowest BCUT2D eigenvalue weighted by atomic mass is 9.88. The molecule has 4 nitrogen and oxygen atoms in total. The molecule has 0 saturated heterocycles. The number of nitrogens with one attached hydrogen (secondary N) is 2. The van der Waals surface area contributed by atoms with Crippen LogP contribution in [0.25, 0.3) is 0 Å². The van der Waals surface area contributed by atoms with Gasteiger partial charge in [0.1, 0.15) is 0 Å². The average molecular weight is 331 g/mol. The van der Waals surface area contributed by atoms with E-state index >= 15 is 0 Å². The molecule has 0 aliphatic carbocycles. The predicted molar refractivity (Wildman–Crippen MR) is 93.6 cm³/mol.